The predicted octanol–water partition coefficient (Wildman–Crippen LogP) is 0.592. The molecule has 0 aliphatic carbocycles. The van der Waals surface area contributed by atoms with Crippen molar-refractivity contribution in [2.45, 2.75) is 32.9 Å². The van der Waals surface area contributed by atoms with Crippen LogP contribution in [0.15, 0.2) is 0 Å². The van der Waals surface area contributed by atoms with Crippen LogP contribution in [0, 0.1) is 0 Å². The molecule has 0 aliphatic rings. The van der Waals surface area contributed by atoms with Crippen molar-refractivity contribution in [1.82, 2.24) is 10.6 Å². The van der Waals surface area contributed by atoms with Crippen LogP contribution in [0.1, 0.15) is 20.8 Å². The van der Waals surface area contributed by atoms with E-state index in [0.717, 1.165) is 6.54 Å². The molecule has 2 N–H and O–H groups in total. The van der Waals surface area contributed by atoms with Gasteiger partial charge in [-0.05, 0) is 14.0 Å². The average molecular weight is 130 g/mol. The molecule has 0 aromatic heterocycles. The molecule has 1 atom stereocenters. The summed E-state index contributed by atoms with van der Waals surface area (Å²) in [5, 5.41) is 6.49. The number of nitrogens with one attached hydrogen (secondary N) is 2. The van der Waals surface area contributed by atoms with Crippen molar-refractivity contribution < 1.29 is 0 Å². The van der Waals surface area contributed by atoms with Gasteiger partial charge in [-0.2, -0.15) is 0 Å². The minimum absolute atomic E-state index is 0.576. The average Bonchev–Trinajstić information content (AvgIpc) is 1.83. The third kappa shape index (κ3) is 5.80. The Kier molecular flexibility index (Phi) is 4.72. The molecule has 9 heavy (non-hydrogen) atoms. The first kappa shape index (κ1) is 8.92. The van der Waals surface area contributed by atoms with E-state index in [1.54, 1.807) is 0 Å². The van der Waals surface area contributed by atoms with E-state index in [-0.39, 0.29) is 0 Å². The van der Waals surface area contributed by atoms with Crippen molar-refractivity contribution in [1.29, 1.82) is 0 Å². The fourth-order valence-electron chi connectivity index (χ4n) is 0.515. The highest BCUT2D eigenvalue weighted by Gasteiger charge is 1.96. The minimum atomic E-state index is 0.576. The fraction of sp³-hybridized carbons (Fsp3) is 1.00. The first-order valence-electron chi connectivity index (χ1n) is 3.57. The Bertz CT molecular complexity index is 61.9. The lowest BCUT2D eigenvalue weighted by atomic mass is 10.3. The largest absolute Gasteiger partial charge is 0.316 e. The molecule has 0 rings (SSSR count). The third-order valence-electron chi connectivity index (χ3n) is 1.33. The summed E-state index contributed by atoms with van der Waals surface area (Å²) in [4.78, 5) is 0. The van der Waals surface area contributed by atoms with E-state index in [0.29, 0.717) is 12.1 Å². The van der Waals surface area contributed by atoms with Crippen LogP contribution in [0.3, 0.4) is 0 Å². The normalized spacial score (nSPS) is 14.3. The Morgan fingerprint density at radius 1 is 1.22 bits per heavy atom. The predicted molar refractivity (Wildman–Crippen MR) is 41.7 cm³/mol. The lowest BCUT2D eigenvalue weighted by molar-refractivity contribution is 0.502. The standard InChI is InChI=1S/C7H18N2/c1-6(2)9-5-7(3)8-4/h6-9H,5H2,1-4H3. The monoisotopic (exact) mass is 130 g/mol. The lowest BCUT2D eigenvalue weighted by Gasteiger charge is -2.13. The number of likely N-dealkylation sites (N-methyl/N-ethyl adjacent to an activating group) is 1. The maximum Gasteiger partial charge on any atom is 0.0161 e. The third-order valence-corrected chi connectivity index (χ3v) is 1.33. The van der Waals surface area contributed by atoms with E-state index in [2.05, 4.69) is 31.4 Å². The van der Waals surface area contributed by atoms with Gasteiger partial charge in [0.1, 0.15) is 0 Å². The quantitative estimate of drug-likeness (QED) is 0.582. The molecule has 0 heterocycles. The van der Waals surface area contributed by atoms with Gasteiger partial charge in [-0.15, -0.1) is 0 Å². The molecule has 0 aromatic carbocycles. The van der Waals surface area contributed by atoms with Crippen LogP contribution in [-0.4, -0.2) is 25.7 Å². The second-order valence-corrected chi connectivity index (χ2v) is 2.75. The van der Waals surface area contributed by atoms with Crippen LogP contribution in [0.4, 0.5) is 0 Å². The summed E-state index contributed by atoms with van der Waals surface area (Å²) in [7, 11) is 1.98. The maximum atomic E-state index is 3.33. The maximum absolute atomic E-state index is 3.33. The Morgan fingerprint density at radius 2 is 1.78 bits per heavy atom. The summed E-state index contributed by atoms with van der Waals surface area (Å²) < 4.78 is 0. The molecule has 0 bridgehead atoms. The first-order valence-corrected chi connectivity index (χ1v) is 3.57. The van der Waals surface area contributed by atoms with Crippen LogP contribution in [0.5, 0.6) is 0 Å². The van der Waals surface area contributed by atoms with Gasteiger partial charge in [0, 0.05) is 18.6 Å². The first-order chi connectivity index (χ1) is 4.16. The van der Waals surface area contributed by atoms with E-state index in [9.17, 15) is 0 Å². The van der Waals surface area contributed by atoms with Crippen molar-refractivity contribution in [3.63, 3.8) is 0 Å². The van der Waals surface area contributed by atoms with Crippen molar-refractivity contribution in [2.75, 3.05) is 13.6 Å². The van der Waals surface area contributed by atoms with E-state index in [1.165, 1.54) is 0 Å². The molecule has 0 saturated carbocycles. The molecular weight excluding hydrogens is 112 g/mol. The summed E-state index contributed by atoms with van der Waals surface area (Å²) >= 11 is 0. The van der Waals surface area contributed by atoms with Gasteiger partial charge in [-0.1, -0.05) is 13.8 Å². The Hall–Kier alpha value is -0.0800. The molecule has 0 amide bonds. The Morgan fingerprint density at radius 3 is 2.11 bits per heavy atom. The molecular formula is C7H18N2. The molecule has 0 radical (unpaired) electrons. The van der Waals surface area contributed by atoms with Gasteiger partial charge in [0.2, 0.25) is 0 Å². The van der Waals surface area contributed by atoms with Gasteiger partial charge in [0.25, 0.3) is 0 Å². The van der Waals surface area contributed by atoms with Gasteiger partial charge in [0.15, 0.2) is 0 Å². The van der Waals surface area contributed by atoms with Gasteiger partial charge < -0.3 is 10.6 Å². The van der Waals surface area contributed by atoms with Crippen LogP contribution in [0.2, 0.25) is 0 Å². The van der Waals surface area contributed by atoms with E-state index >= 15 is 0 Å². The zero-order valence-electron chi connectivity index (χ0n) is 6.86. The highest BCUT2D eigenvalue weighted by Crippen LogP contribution is 1.79. The summed E-state index contributed by atoms with van der Waals surface area (Å²) in [6, 6.07) is 1.17. The van der Waals surface area contributed by atoms with E-state index in [4.69, 9.17) is 0 Å². The minimum Gasteiger partial charge on any atom is -0.316 e. The topological polar surface area (TPSA) is 24.1 Å². The van der Waals surface area contributed by atoms with Gasteiger partial charge in [-0.25, -0.2) is 0 Å². The van der Waals surface area contributed by atoms with Crippen molar-refractivity contribution >= 4 is 0 Å². The van der Waals surface area contributed by atoms with Crippen LogP contribution < -0.4 is 10.6 Å². The second-order valence-electron chi connectivity index (χ2n) is 2.75. The molecule has 2 heteroatoms. The summed E-state index contributed by atoms with van der Waals surface area (Å²) in [6.07, 6.45) is 0. The van der Waals surface area contributed by atoms with Crippen LogP contribution in [0.25, 0.3) is 0 Å². The summed E-state index contributed by atoms with van der Waals surface area (Å²) in [6.45, 7) is 7.52. The van der Waals surface area contributed by atoms with Crippen molar-refractivity contribution in [3.8, 4) is 0 Å². The molecule has 0 aromatic rings. The second kappa shape index (κ2) is 4.77. The molecule has 0 fully saturated rings. The number of hydrogen-bond donors (Lipinski definition) is 2. The fourth-order valence-corrected chi connectivity index (χ4v) is 0.515. The SMILES string of the molecule is CNC(C)CNC(C)C. The highest BCUT2D eigenvalue weighted by molar-refractivity contribution is 4.62. The van der Waals surface area contributed by atoms with Crippen molar-refractivity contribution in [2.24, 2.45) is 0 Å². The molecule has 0 aliphatic heterocycles. The lowest BCUT2D eigenvalue weighted by Crippen LogP contribution is -2.37. The smallest absolute Gasteiger partial charge is 0.0161 e. The molecule has 2 nitrogen and oxygen atoms in total. The summed E-state index contributed by atoms with van der Waals surface area (Å²) in [5.41, 5.74) is 0. The van der Waals surface area contributed by atoms with E-state index in [1.807, 2.05) is 7.05 Å². The molecule has 0 spiro atoms. The number of hydrogen-bond acceptors (Lipinski definition) is 2. The highest BCUT2D eigenvalue weighted by atomic mass is 15.0. The number of rotatable bonds is 4. The van der Waals surface area contributed by atoms with Crippen LogP contribution >= 0.6 is 0 Å². The van der Waals surface area contributed by atoms with Gasteiger partial charge in [0.05, 0.1) is 0 Å². The Labute approximate surface area is 58.0 Å². The molecule has 1 unspecified atom stereocenters. The van der Waals surface area contributed by atoms with Gasteiger partial charge >= 0.3 is 0 Å². The van der Waals surface area contributed by atoms with Crippen molar-refractivity contribution in [3.05, 3.63) is 0 Å². The zero-order valence-corrected chi connectivity index (χ0v) is 6.86. The molecule has 56 valence electrons. The van der Waals surface area contributed by atoms with Crippen LogP contribution in [-0.2, 0) is 0 Å². The molecule has 0 saturated heterocycles. The van der Waals surface area contributed by atoms with Gasteiger partial charge in [-0.3, -0.25) is 0 Å². The van der Waals surface area contributed by atoms with E-state index < -0.39 is 0 Å². The Balaban J connectivity index is 3.06. The summed E-state index contributed by atoms with van der Waals surface area (Å²) in [5.74, 6) is 0. The zero-order chi connectivity index (χ0) is 7.28.